The van der Waals surface area contributed by atoms with Crippen LogP contribution in [0.25, 0.3) is 0 Å². The first kappa shape index (κ1) is 18.1. The first-order chi connectivity index (χ1) is 11.7. The third-order valence-corrected chi connectivity index (χ3v) is 4.10. The molecule has 0 saturated heterocycles. The van der Waals surface area contributed by atoms with Gasteiger partial charge in [-0.05, 0) is 48.1 Å². The molecule has 0 atom stereocenters. The first-order valence-corrected chi connectivity index (χ1v) is 8.80. The Kier molecular flexibility index (Phi) is 6.86. The monoisotopic (exact) mass is 325 g/mol. The predicted molar refractivity (Wildman–Crippen MR) is 99.8 cm³/mol. The molecule has 3 nitrogen and oxygen atoms in total. The summed E-state index contributed by atoms with van der Waals surface area (Å²) in [6, 6.07) is 14.1. The zero-order valence-electron chi connectivity index (χ0n) is 14.9. The molecule has 24 heavy (non-hydrogen) atoms. The van der Waals surface area contributed by atoms with E-state index in [-0.39, 0.29) is 12.5 Å². The molecule has 0 bridgehead atoms. The van der Waals surface area contributed by atoms with Crippen molar-refractivity contribution in [1.82, 2.24) is 0 Å². The molecule has 3 heteroatoms. The average molecular weight is 325 g/mol. The number of hydrogen-bond donors (Lipinski definition) is 1. The van der Waals surface area contributed by atoms with Gasteiger partial charge < -0.3 is 10.1 Å². The molecule has 0 aliphatic rings. The van der Waals surface area contributed by atoms with Gasteiger partial charge in [0.15, 0.2) is 6.61 Å². The molecular formula is C21H27NO2. The summed E-state index contributed by atoms with van der Waals surface area (Å²) >= 11 is 0. The standard InChI is InChI=1S/C21H27NO2/c1-4-8-16-11-13-19(14-12-16)24-15-20(23)22-21-17(5-2)9-7-10-18(21)6-3/h7,9-14H,4-6,8,15H2,1-3H3,(H,22,23). The Morgan fingerprint density at radius 2 is 1.58 bits per heavy atom. The van der Waals surface area contributed by atoms with Crippen molar-refractivity contribution in [2.24, 2.45) is 0 Å². The zero-order valence-corrected chi connectivity index (χ0v) is 14.9. The minimum atomic E-state index is -0.122. The second-order valence-electron chi connectivity index (χ2n) is 5.89. The highest BCUT2D eigenvalue weighted by molar-refractivity contribution is 5.93. The van der Waals surface area contributed by atoms with E-state index in [1.54, 1.807) is 0 Å². The maximum atomic E-state index is 12.3. The van der Waals surface area contributed by atoms with Crippen LogP contribution in [0.3, 0.4) is 0 Å². The number of carbonyl (C=O) groups excluding carboxylic acids is 1. The largest absolute Gasteiger partial charge is 0.484 e. The van der Waals surface area contributed by atoms with Crippen molar-refractivity contribution in [3.63, 3.8) is 0 Å². The summed E-state index contributed by atoms with van der Waals surface area (Å²) in [6.45, 7) is 6.37. The van der Waals surface area contributed by atoms with E-state index >= 15 is 0 Å². The van der Waals surface area contributed by atoms with Crippen LogP contribution in [0.15, 0.2) is 42.5 Å². The third kappa shape index (κ3) is 4.85. The van der Waals surface area contributed by atoms with E-state index in [1.807, 2.05) is 18.2 Å². The fraction of sp³-hybridized carbons (Fsp3) is 0.381. The lowest BCUT2D eigenvalue weighted by atomic mass is 10.0. The van der Waals surface area contributed by atoms with Gasteiger partial charge in [0, 0.05) is 5.69 Å². The van der Waals surface area contributed by atoms with Gasteiger partial charge in [0.2, 0.25) is 0 Å². The first-order valence-electron chi connectivity index (χ1n) is 8.80. The van der Waals surface area contributed by atoms with E-state index in [2.05, 4.69) is 50.4 Å². The number of hydrogen-bond acceptors (Lipinski definition) is 2. The number of ether oxygens (including phenoxy) is 1. The number of carbonyl (C=O) groups is 1. The predicted octanol–water partition coefficient (Wildman–Crippen LogP) is 4.78. The molecule has 128 valence electrons. The van der Waals surface area contributed by atoms with E-state index in [0.29, 0.717) is 0 Å². The Morgan fingerprint density at radius 3 is 2.12 bits per heavy atom. The molecule has 2 aromatic carbocycles. The SMILES string of the molecule is CCCc1ccc(OCC(=O)Nc2c(CC)cccc2CC)cc1. The molecule has 0 radical (unpaired) electrons. The zero-order chi connectivity index (χ0) is 17.4. The number of benzene rings is 2. The number of para-hydroxylation sites is 1. The Bertz CT molecular complexity index is 640. The maximum Gasteiger partial charge on any atom is 0.262 e. The van der Waals surface area contributed by atoms with Crippen molar-refractivity contribution in [3.8, 4) is 5.75 Å². The van der Waals surface area contributed by atoms with Gasteiger partial charge >= 0.3 is 0 Å². The molecule has 1 amide bonds. The molecule has 0 aromatic heterocycles. The summed E-state index contributed by atoms with van der Waals surface area (Å²) in [5, 5.41) is 3.02. The van der Waals surface area contributed by atoms with Gasteiger partial charge in [-0.25, -0.2) is 0 Å². The lowest BCUT2D eigenvalue weighted by Gasteiger charge is -2.14. The highest BCUT2D eigenvalue weighted by Crippen LogP contribution is 2.22. The molecule has 2 aromatic rings. The molecular weight excluding hydrogens is 298 g/mol. The van der Waals surface area contributed by atoms with Gasteiger partial charge in [-0.3, -0.25) is 4.79 Å². The van der Waals surface area contributed by atoms with E-state index < -0.39 is 0 Å². The lowest BCUT2D eigenvalue weighted by molar-refractivity contribution is -0.118. The molecule has 0 aliphatic heterocycles. The van der Waals surface area contributed by atoms with E-state index in [4.69, 9.17) is 4.74 Å². The summed E-state index contributed by atoms with van der Waals surface area (Å²) < 4.78 is 5.61. The van der Waals surface area contributed by atoms with Gasteiger partial charge in [0.25, 0.3) is 5.91 Å². The second-order valence-corrected chi connectivity index (χ2v) is 5.89. The molecule has 0 unspecified atom stereocenters. The van der Waals surface area contributed by atoms with Gasteiger partial charge in [0.05, 0.1) is 0 Å². The smallest absolute Gasteiger partial charge is 0.262 e. The normalized spacial score (nSPS) is 10.5. The van der Waals surface area contributed by atoms with Crippen LogP contribution in [0.4, 0.5) is 5.69 Å². The molecule has 2 rings (SSSR count). The Hall–Kier alpha value is -2.29. The van der Waals surface area contributed by atoms with E-state index in [0.717, 1.165) is 48.2 Å². The quantitative estimate of drug-likeness (QED) is 0.758. The number of rotatable bonds is 8. The maximum absolute atomic E-state index is 12.3. The third-order valence-electron chi connectivity index (χ3n) is 4.10. The number of anilines is 1. The van der Waals surface area contributed by atoms with Crippen LogP contribution in [0.1, 0.15) is 43.9 Å². The van der Waals surface area contributed by atoms with Crippen LogP contribution in [0, 0.1) is 0 Å². The number of aryl methyl sites for hydroxylation is 3. The van der Waals surface area contributed by atoms with Gasteiger partial charge in [-0.15, -0.1) is 0 Å². The van der Waals surface area contributed by atoms with Crippen LogP contribution < -0.4 is 10.1 Å². The molecule has 0 aliphatic carbocycles. The van der Waals surface area contributed by atoms with Crippen LogP contribution >= 0.6 is 0 Å². The van der Waals surface area contributed by atoms with Crippen LogP contribution in [0.2, 0.25) is 0 Å². The summed E-state index contributed by atoms with van der Waals surface area (Å²) in [5.41, 5.74) is 4.55. The second kappa shape index (κ2) is 9.11. The Morgan fingerprint density at radius 1 is 0.958 bits per heavy atom. The fourth-order valence-corrected chi connectivity index (χ4v) is 2.77. The average Bonchev–Trinajstić information content (AvgIpc) is 2.61. The van der Waals surface area contributed by atoms with Crippen molar-refractivity contribution in [2.75, 3.05) is 11.9 Å². The summed E-state index contributed by atoms with van der Waals surface area (Å²) in [6.07, 6.45) is 3.97. The van der Waals surface area contributed by atoms with Crippen molar-refractivity contribution in [2.45, 2.75) is 46.5 Å². The lowest BCUT2D eigenvalue weighted by Crippen LogP contribution is -2.21. The molecule has 0 spiro atoms. The number of amides is 1. The van der Waals surface area contributed by atoms with Crippen LogP contribution in [-0.4, -0.2) is 12.5 Å². The Balaban J connectivity index is 1.96. The molecule has 0 fully saturated rings. The van der Waals surface area contributed by atoms with Gasteiger partial charge in [-0.1, -0.05) is 57.5 Å². The minimum Gasteiger partial charge on any atom is -0.484 e. The van der Waals surface area contributed by atoms with Gasteiger partial charge in [-0.2, -0.15) is 0 Å². The van der Waals surface area contributed by atoms with Crippen molar-refractivity contribution in [1.29, 1.82) is 0 Å². The van der Waals surface area contributed by atoms with Crippen LogP contribution in [0.5, 0.6) is 5.75 Å². The van der Waals surface area contributed by atoms with E-state index in [9.17, 15) is 4.79 Å². The molecule has 0 heterocycles. The van der Waals surface area contributed by atoms with Crippen molar-refractivity contribution >= 4 is 11.6 Å². The van der Waals surface area contributed by atoms with Crippen LogP contribution in [-0.2, 0) is 24.1 Å². The van der Waals surface area contributed by atoms with Crippen molar-refractivity contribution < 1.29 is 9.53 Å². The van der Waals surface area contributed by atoms with Crippen molar-refractivity contribution in [3.05, 3.63) is 59.2 Å². The van der Waals surface area contributed by atoms with E-state index in [1.165, 1.54) is 5.56 Å². The highest BCUT2D eigenvalue weighted by atomic mass is 16.5. The topological polar surface area (TPSA) is 38.3 Å². The summed E-state index contributed by atoms with van der Waals surface area (Å²) in [5.74, 6) is 0.604. The fourth-order valence-electron chi connectivity index (χ4n) is 2.77. The summed E-state index contributed by atoms with van der Waals surface area (Å²) in [7, 11) is 0. The minimum absolute atomic E-state index is 0.0222. The molecule has 1 N–H and O–H groups in total. The number of nitrogens with one attached hydrogen (secondary N) is 1. The summed E-state index contributed by atoms with van der Waals surface area (Å²) in [4.78, 5) is 12.3. The molecule has 0 saturated carbocycles. The highest BCUT2D eigenvalue weighted by Gasteiger charge is 2.10. The Labute approximate surface area is 145 Å². The van der Waals surface area contributed by atoms with Gasteiger partial charge in [0.1, 0.15) is 5.75 Å².